The summed E-state index contributed by atoms with van der Waals surface area (Å²) in [5.41, 5.74) is 7.42. The standard InChI is InChI=1S/C12H19NO2/c1-8-5-10(12(3,14)7-13)6-9(2)11(8)15-4/h5-6,14H,7,13H2,1-4H3. The summed E-state index contributed by atoms with van der Waals surface area (Å²) in [5.74, 6) is 0.867. The maximum Gasteiger partial charge on any atom is 0.124 e. The maximum absolute atomic E-state index is 10.0. The molecule has 0 aliphatic heterocycles. The van der Waals surface area contributed by atoms with E-state index >= 15 is 0 Å². The van der Waals surface area contributed by atoms with E-state index < -0.39 is 5.60 Å². The molecule has 3 heteroatoms. The van der Waals surface area contributed by atoms with Crippen molar-refractivity contribution in [2.75, 3.05) is 13.7 Å². The molecule has 0 fully saturated rings. The SMILES string of the molecule is COc1c(C)cc(C(C)(O)CN)cc1C. The summed E-state index contributed by atoms with van der Waals surface area (Å²) < 4.78 is 5.26. The Labute approximate surface area is 90.9 Å². The number of rotatable bonds is 3. The number of nitrogens with two attached hydrogens (primary N) is 1. The first-order valence-corrected chi connectivity index (χ1v) is 5.00. The number of hydrogen-bond acceptors (Lipinski definition) is 3. The average Bonchev–Trinajstić information content (AvgIpc) is 2.17. The minimum absolute atomic E-state index is 0.207. The van der Waals surface area contributed by atoms with Crippen molar-refractivity contribution < 1.29 is 9.84 Å². The van der Waals surface area contributed by atoms with E-state index in [0.717, 1.165) is 22.4 Å². The van der Waals surface area contributed by atoms with Crippen molar-refractivity contribution in [3.05, 3.63) is 28.8 Å². The summed E-state index contributed by atoms with van der Waals surface area (Å²) >= 11 is 0. The highest BCUT2D eigenvalue weighted by Gasteiger charge is 2.22. The van der Waals surface area contributed by atoms with Crippen molar-refractivity contribution in [3.63, 3.8) is 0 Å². The Morgan fingerprint density at radius 3 is 2.13 bits per heavy atom. The second kappa shape index (κ2) is 4.21. The molecule has 3 nitrogen and oxygen atoms in total. The van der Waals surface area contributed by atoms with E-state index in [1.54, 1.807) is 14.0 Å². The number of benzene rings is 1. The molecule has 15 heavy (non-hydrogen) atoms. The molecule has 0 aliphatic rings. The third-order valence-electron chi connectivity index (χ3n) is 2.68. The molecule has 1 aromatic carbocycles. The Morgan fingerprint density at radius 1 is 1.33 bits per heavy atom. The van der Waals surface area contributed by atoms with Crippen LogP contribution in [0.3, 0.4) is 0 Å². The van der Waals surface area contributed by atoms with E-state index in [9.17, 15) is 5.11 Å². The number of ether oxygens (including phenoxy) is 1. The highest BCUT2D eigenvalue weighted by atomic mass is 16.5. The van der Waals surface area contributed by atoms with E-state index in [0.29, 0.717) is 0 Å². The Hall–Kier alpha value is -1.06. The minimum Gasteiger partial charge on any atom is -0.496 e. The zero-order valence-electron chi connectivity index (χ0n) is 9.79. The van der Waals surface area contributed by atoms with Crippen molar-refractivity contribution in [1.29, 1.82) is 0 Å². The van der Waals surface area contributed by atoms with Crippen molar-refractivity contribution >= 4 is 0 Å². The van der Waals surface area contributed by atoms with E-state index in [1.165, 1.54) is 0 Å². The van der Waals surface area contributed by atoms with Crippen LogP contribution in [0.1, 0.15) is 23.6 Å². The molecule has 0 amide bonds. The van der Waals surface area contributed by atoms with Crippen molar-refractivity contribution in [3.8, 4) is 5.75 Å². The summed E-state index contributed by atoms with van der Waals surface area (Å²) in [6, 6.07) is 3.83. The van der Waals surface area contributed by atoms with Crippen molar-refractivity contribution in [2.24, 2.45) is 5.73 Å². The van der Waals surface area contributed by atoms with Gasteiger partial charge in [-0.15, -0.1) is 0 Å². The summed E-state index contributed by atoms with van der Waals surface area (Å²) in [7, 11) is 1.65. The molecule has 0 aromatic heterocycles. The Kier molecular flexibility index (Phi) is 3.37. The fourth-order valence-electron chi connectivity index (χ4n) is 1.70. The van der Waals surface area contributed by atoms with Gasteiger partial charge in [0, 0.05) is 6.54 Å². The van der Waals surface area contributed by atoms with Gasteiger partial charge >= 0.3 is 0 Å². The van der Waals surface area contributed by atoms with Crippen LogP contribution < -0.4 is 10.5 Å². The summed E-state index contributed by atoms with van der Waals surface area (Å²) in [6.45, 7) is 5.84. The van der Waals surface area contributed by atoms with Crippen LogP contribution in [0, 0.1) is 13.8 Å². The topological polar surface area (TPSA) is 55.5 Å². The quantitative estimate of drug-likeness (QED) is 0.792. The summed E-state index contributed by atoms with van der Waals surface area (Å²) in [5, 5.41) is 10.0. The fraction of sp³-hybridized carbons (Fsp3) is 0.500. The fourth-order valence-corrected chi connectivity index (χ4v) is 1.70. The second-order valence-corrected chi connectivity index (χ2v) is 4.12. The largest absolute Gasteiger partial charge is 0.496 e. The Balaban J connectivity index is 3.26. The molecule has 1 aromatic rings. The lowest BCUT2D eigenvalue weighted by atomic mass is 9.92. The predicted molar refractivity (Wildman–Crippen MR) is 61.1 cm³/mol. The third kappa shape index (κ3) is 2.30. The van der Waals surface area contributed by atoms with E-state index in [-0.39, 0.29) is 6.54 Å². The molecular formula is C12H19NO2. The van der Waals surface area contributed by atoms with Gasteiger partial charge in [-0.25, -0.2) is 0 Å². The molecule has 0 radical (unpaired) electrons. The lowest BCUT2D eigenvalue weighted by molar-refractivity contribution is 0.0666. The van der Waals surface area contributed by atoms with E-state index in [1.807, 2.05) is 26.0 Å². The van der Waals surface area contributed by atoms with Gasteiger partial charge < -0.3 is 15.6 Å². The molecule has 0 spiro atoms. The van der Waals surface area contributed by atoms with Crippen LogP contribution in [0.25, 0.3) is 0 Å². The Bertz CT molecular complexity index is 336. The van der Waals surface area contributed by atoms with Crippen molar-refractivity contribution in [1.82, 2.24) is 0 Å². The van der Waals surface area contributed by atoms with Crippen LogP contribution in [-0.4, -0.2) is 18.8 Å². The number of methoxy groups -OCH3 is 1. The van der Waals surface area contributed by atoms with Crippen LogP contribution in [0.15, 0.2) is 12.1 Å². The van der Waals surface area contributed by atoms with Gasteiger partial charge in [0.05, 0.1) is 12.7 Å². The average molecular weight is 209 g/mol. The van der Waals surface area contributed by atoms with Crippen LogP contribution >= 0.6 is 0 Å². The van der Waals surface area contributed by atoms with Gasteiger partial charge in [-0.1, -0.05) is 0 Å². The number of aliphatic hydroxyl groups is 1. The molecule has 1 rings (SSSR count). The van der Waals surface area contributed by atoms with E-state index in [2.05, 4.69) is 0 Å². The lowest BCUT2D eigenvalue weighted by Gasteiger charge is -2.23. The first kappa shape index (κ1) is 12.0. The molecule has 0 bridgehead atoms. The highest BCUT2D eigenvalue weighted by Crippen LogP contribution is 2.29. The smallest absolute Gasteiger partial charge is 0.124 e. The van der Waals surface area contributed by atoms with Crippen LogP contribution in [0.4, 0.5) is 0 Å². The third-order valence-corrected chi connectivity index (χ3v) is 2.68. The first-order valence-electron chi connectivity index (χ1n) is 5.00. The molecule has 0 aliphatic carbocycles. The van der Waals surface area contributed by atoms with Gasteiger partial charge in [0.2, 0.25) is 0 Å². The van der Waals surface area contributed by atoms with Crippen molar-refractivity contribution in [2.45, 2.75) is 26.4 Å². The second-order valence-electron chi connectivity index (χ2n) is 4.12. The van der Waals surface area contributed by atoms with Gasteiger partial charge in [-0.2, -0.15) is 0 Å². The predicted octanol–water partition coefficient (Wildman–Crippen LogP) is 1.48. The zero-order valence-corrected chi connectivity index (χ0v) is 9.79. The summed E-state index contributed by atoms with van der Waals surface area (Å²) in [4.78, 5) is 0. The van der Waals surface area contributed by atoms with Gasteiger partial charge in [-0.05, 0) is 49.6 Å². The highest BCUT2D eigenvalue weighted by molar-refractivity contribution is 5.44. The molecule has 1 unspecified atom stereocenters. The summed E-state index contributed by atoms with van der Waals surface area (Å²) in [6.07, 6.45) is 0. The van der Waals surface area contributed by atoms with Crippen LogP contribution in [0.5, 0.6) is 5.75 Å². The van der Waals surface area contributed by atoms with Gasteiger partial charge in [0.15, 0.2) is 0 Å². The molecule has 0 heterocycles. The number of aryl methyl sites for hydroxylation is 2. The molecule has 0 saturated heterocycles. The van der Waals surface area contributed by atoms with E-state index in [4.69, 9.17) is 10.5 Å². The van der Waals surface area contributed by atoms with Crippen LogP contribution in [-0.2, 0) is 5.60 Å². The zero-order chi connectivity index (χ0) is 11.6. The molecule has 3 N–H and O–H groups in total. The Morgan fingerprint density at radius 2 is 1.80 bits per heavy atom. The number of hydrogen-bond donors (Lipinski definition) is 2. The van der Waals surface area contributed by atoms with Gasteiger partial charge in [-0.3, -0.25) is 0 Å². The monoisotopic (exact) mass is 209 g/mol. The van der Waals surface area contributed by atoms with Gasteiger partial charge in [0.25, 0.3) is 0 Å². The van der Waals surface area contributed by atoms with Crippen LogP contribution in [0.2, 0.25) is 0 Å². The lowest BCUT2D eigenvalue weighted by Crippen LogP contribution is -2.31. The minimum atomic E-state index is -0.970. The molecule has 1 atom stereocenters. The maximum atomic E-state index is 10.0. The molecular weight excluding hydrogens is 190 g/mol. The molecule has 84 valence electrons. The molecule has 0 saturated carbocycles. The first-order chi connectivity index (χ1) is 6.92. The normalized spacial score (nSPS) is 14.8. The van der Waals surface area contributed by atoms with Gasteiger partial charge in [0.1, 0.15) is 5.75 Å².